The van der Waals surface area contributed by atoms with Crippen molar-refractivity contribution in [3.63, 3.8) is 0 Å². The molecule has 0 amide bonds. The molecule has 12 aromatic heterocycles. The Bertz CT molecular complexity index is 5190. The molecule has 0 saturated carbocycles. The van der Waals surface area contributed by atoms with E-state index in [0.717, 1.165) is 99.2 Å². The number of rotatable bonds is 28. The number of nitrogens with zero attached hydrogens (tertiary/aromatic N) is 12. The maximum Gasteiger partial charge on any atom is 0.433 e. The Morgan fingerprint density at radius 3 is 0.703 bits per heavy atom. The van der Waals surface area contributed by atoms with Crippen molar-refractivity contribution < 1.29 is 110 Å². The summed E-state index contributed by atoms with van der Waals surface area (Å²) in [5.41, 5.74) is 3.37. The van der Waals surface area contributed by atoms with E-state index in [2.05, 4.69) is 47.6 Å². The summed E-state index contributed by atoms with van der Waals surface area (Å²) in [4.78, 5) is 83.9. The smallest absolute Gasteiger partial charge is 0.433 e. The van der Waals surface area contributed by atoms with Crippen LogP contribution in [-0.2, 0) is 69.3 Å². The van der Waals surface area contributed by atoms with E-state index in [9.17, 15) is 71.9 Å². The van der Waals surface area contributed by atoms with E-state index in [-0.39, 0.29) is 72.1 Å². The van der Waals surface area contributed by atoms with E-state index in [1.807, 2.05) is 70.1 Å². The predicted molar refractivity (Wildman–Crippen MR) is 444 cm³/mol. The molecule has 0 bridgehead atoms. The zero-order valence-corrected chi connectivity index (χ0v) is 71.4. The highest BCUT2D eigenvalue weighted by Gasteiger charge is 2.38. The van der Waals surface area contributed by atoms with Gasteiger partial charge in [-0.15, -0.1) is 0 Å². The van der Waals surface area contributed by atoms with Crippen LogP contribution in [0.5, 0.6) is 23.0 Å². The fraction of sp³-hybridized carbons (Fsp3) is 0.435. The number of ether oxygens (including phenoxy) is 8. The summed E-state index contributed by atoms with van der Waals surface area (Å²) < 4.78 is 208. The summed E-state index contributed by atoms with van der Waals surface area (Å²) in [5, 5.41) is 0. The van der Waals surface area contributed by atoms with E-state index >= 15 is 0 Å². The topological polar surface area (TPSA) is 263 Å². The molecule has 36 heteroatoms. The molecule has 0 radical (unpaired) electrons. The number of pyridine rings is 8. The molecule has 0 aromatic carbocycles. The molecule has 8 atom stereocenters. The first kappa shape index (κ1) is 93.9. The lowest BCUT2D eigenvalue weighted by atomic mass is 9.91. The van der Waals surface area contributed by atoms with Crippen LogP contribution in [0.15, 0.2) is 147 Å². The van der Waals surface area contributed by atoms with Crippen molar-refractivity contribution in [3.05, 3.63) is 237 Å². The van der Waals surface area contributed by atoms with Crippen molar-refractivity contribution in [2.75, 3.05) is 79.3 Å². The van der Waals surface area contributed by atoms with Crippen molar-refractivity contribution >= 4 is 45.7 Å². The van der Waals surface area contributed by atoms with E-state index < -0.39 is 70.6 Å². The van der Waals surface area contributed by atoms with Crippen LogP contribution in [0.3, 0.4) is 0 Å². The van der Waals surface area contributed by atoms with Crippen LogP contribution >= 0.6 is 0 Å². The molecule has 4 aliphatic heterocycles. The molecule has 0 aliphatic carbocycles. The first-order chi connectivity index (χ1) is 61.0. The number of ketones is 4. The number of hydrogen-bond donors (Lipinski definition) is 0. The maximum absolute atomic E-state index is 13.0. The van der Waals surface area contributed by atoms with Crippen LogP contribution in [0.1, 0.15) is 215 Å². The van der Waals surface area contributed by atoms with Gasteiger partial charge in [-0.25, -0.2) is 39.9 Å². The van der Waals surface area contributed by atoms with E-state index in [0.29, 0.717) is 144 Å². The average Bonchev–Trinajstić information content (AvgIpc) is 1.68. The molecule has 12 aromatic rings. The number of hydrogen-bond acceptors (Lipinski definition) is 20. The van der Waals surface area contributed by atoms with Gasteiger partial charge in [0.05, 0.1) is 75.6 Å². The zero-order chi connectivity index (χ0) is 91.5. The van der Waals surface area contributed by atoms with Crippen molar-refractivity contribution in [3.8, 4) is 23.0 Å². The second-order valence-electron chi connectivity index (χ2n) is 31.8. The van der Waals surface area contributed by atoms with Gasteiger partial charge in [-0.2, -0.15) is 52.7 Å². The number of halogens is 12. The first-order valence-electron chi connectivity index (χ1n) is 42.2. The quantitative estimate of drug-likeness (QED) is 0.0326. The molecule has 0 spiro atoms. The molecule has 4 fully saturated rings. The molecule has 128 heavy (non-hydrogen) atoms. The molecular weight excluding hydrogens is 1690 g/mol. The Hall–Kier alpha value is -11.8. The maximum atomic E-state index is 13.0. The standard InChI is InChI=1S/4C23H24F3N3O3/c4*1-3-32-20-10-22-28-18(14(2)15-7-8-31-13-15)12-29(22)11-16(20)9-19(30)17-5-4-6-21(27-17)23(24,25)26/h4*4-6,10-12,14-15H,3,7-9,13H2,1-2H3/t14?,15-;2*14-,15+;14-,15-/m0101/s1. The van der Waals surface area contributed by atoms with Crippen molar-refractivity contribution in [2.45, 2.75) is 155 Å². The number of Topliss-reactive ketones (excluding diaryl/α,β-unsaturated/α-hetero) is 4. The van der Waals surface area contributed by atoms with Gasteiger partial charge in [0.25, 0.3) is 0 Å². The average molecular weight is 1790 g/mol. The van der Waals surface area contributed by atoms with Gasteiger partial charge in [-0.05, 0) is 126 Å². The van der Waals surface area contributed by atoms with Crippen LogP contribution in [0.2, 0.25) is 0 Å². The molecular formula is C92H96F12N12O12. The van der Waals surface area contributed by atoms with Crippen molar-refractivity contribution in [1.82, 2.24) is 57.5 Å². The molecule has 1 unspecified atom stereocenters. The van der Waals surface area contributed by atoms with Gasteiger partial charge in [-0.1, -0.05) is 52.0 Å². The predicted octanol–water partition coefficient (Wildman–Crippen LogP) is 18.8. The second kappa shape index (κ2) is 40.7. The Balaban J connectivity index is 0.000000146. The minimum atomic E-state index is -4.61. The number of carbonyl (C=O) groups excluding carboxylic acids is 4. The van der Waals surface area contributed by atoms with Gasteiger partial charge in [0.1, 0.15) is 91.1 Å². The SMILES string of the molecule is CCOc1cc2nc(C(C)[C@H]3CCOC3)cn2cc1CC(=O)c1cccc(C(F)(F)F)n1.CCOc1cc2nc([C@@H](C)[C@@H]3CCOC3)cn2cc1CC(=O)c1cccc(C(F)(F)F)n1.CCOc1cc2nc([C@H](C)[C@@H]3CCOC3)cn2cc1CC(=O)c1cccc(C(F)(F)F)n1.CCOc1cc2nc([C@H](C)[C@H]3CCOC3)cn2cc1CC(=O)c1cccc(C(F)(F)F)n1. The Kier molecular flexibility index (Phi) is 29.8. The highest BCUT2D eigenvalue weighted by atomic mass is 19.4. The molecule has 0 N–H and O–H groups in total. The van der Waals surface area contributed by atoms with Gasteiger partial charge in [-0.3, -0.25) is 19.2 Å². The first-order valence-corrected chi connectivity index (χ1v) is 42.2. The highest BCUT2D eigenvalue weighted by Crippen LogP contribution is 2.39. The number of carbonyl (C=O) groups is 4. The Morgan fingerprint density at radius 2 is 0.531 bits per heavy atom. The van der Waals surface area contributed by atoms with Crippen LogP contribution in [-0.4, -0.2) is 160 Å². The lowest BCUT2D eigenvalue weighted by Gasteiger charge is -2.14. The van der Waals surface area contributed by atoms with Gasteiger partial charge >= 0.3 is 24.7 Å². The lowest BCUT2D eigenvalue weighted by molar-refractivity contribution is -0.142. The minimum absolute atomic E-state index is 0.140. The third-order valence-electron chi connectivity index (χ3n) is 23.1. The van der Waals surface area contributed by atoms with Crippen LogP contribution in [0, 0.1) is 23.7 Å². The summed E-state index contributed by atoms with van der Waals surface area (Å²) in [6, 6.07) is 20.3. The van der Waals surface area contributed by atoms with Gasteiger partial charge in [0.15, 0.2) is 23.1 Å². The summed E-state index contributed by atoms with van der Waals surface area (Å²) in [5.74, 6) is 2.31. The summed E-state index contributed by atoms with van der Waals surface area (Å²) in [7, 11) is 0. The molecule has 16 rings (SSSR count). The number of alkyl halides is 12. The molecule has 24 nitrogen and oxygen atoms in total. The molecule has 680 valence electrons. The largest absolute Gasteiger partial charge is 0.493 e. The van der Waals surface area contributed by atoms with Crippen LogP contribution in [0.25, 0.3) is 22.6 Å². The molecule has 16 heterocycles. The third kappa shape index (κ3) is 23.0. The third-order valence-corrected chi connectivity index (χ3v) is 23.1. The second-order valence-corrected chi connectivity index (χ2v) is 31.8. The number of imidazole rings is 4. The summed E-state index contributed by atoms with van der Waals surface area (Å²) in [6.45, 7) is 23.2. The highest BCUT2D eigenvalue weighted by molar-refractivity contribution is 5.98. The Labute approximate surface area is 728 Å². The number of aromatic nitrogens is 12. The monoisotopic (exact) mass is 1790 g/mol. The van der Waals surface area contributed by atoms with E-state index in [1.54, 1.807) is 49.1 Å². The minimum Gasteiger partial charge on any atom is -0.493 e. The van der Waals surface area contributed by atoms with E-state index in [1.165, 1.54) is 48.5 Å². The fourth-order valence-electron chi connectivity index (χ4n) is 15.7. The molecule has 4 saturated heterocycles. The Morgan fingerprint density at radius 1 is 0.328 bits per heavy atom. The number of fused-ring (bicyclic) bond motifs is 4. The van der Waals surface area contributed by atoms with E-state index in [4.69, 9.17) is 57.8 Å². The van der Waals surface area contributed by atoms with Gasteiger partial charge in [0, 0.05) is 172 Å². The normalized spacial score (nSPS) is 17.6. The van der Waals surface area contributed by atoms with Crippen LogP contribution in [0.4, 0.5) is 52.7 Å². The zero-order valence-electron chi connectivity index (χ0n) is 71.4. The van der Waals surface area contributed by atoms with Crippen LogP contribution < -0.4 is 18.9 Å². The van der Waals surface area contributed by atoms with Crippen molar-refractivity contribution in [2.24, 2.45) is 23.7 Å². The summed E-state index contributed by atoms with van der Waals surface area (Å²) in [6.07, 6.45) is -0.362. The van der Waals surface area contributed by atoms with Gasteiger partial charge in [0.2, 0.25) is 0 Å². The summed E-state index contributed by atoms with van der Waals surface area (Å²) >= 11 is 0. The van der Waals surface area contributed by atoms with Gasteiger partial charge < -0.3 is 55.5 Å². The lowest BCUT2D eigenvalue weighted by Crippen LogP contribution is -2.13. The molecule has 4 aliphatic rings. The fourth-order valence-corrected chi connectivity index (χ4v) is 15.7. The van der Waals surface area contributed by atoms with Crippen molar-refractivity contribution in [1.29, 1.82) is 0 Å².